The molecule has 0 saturated carbocycles. The zero-order valence-electron chi connectivity index (χ0n) is 9.53. The van der Waals surface area contributed by atoms with Crippen LogP contribution in [0.3, 0.4) is 0 Å². The zero-order chi connectivity index (χ0) is 10.9. The number of rotatable bonds is 2. The van der Waals surface area contributed by atoms with Crippen LogP contribution in [0.2, 0.25) is 0 Å². The van der Waals surface area contributed by atoms with Gasteiger partial charge in [0, 0.05) is 12.3 Å². The van der Waals surface area contributed by atoms with Gasteiger partial charge in [-0.3, -0.25) is 0 Å². The van der Waals surface area contributed by atoms with Gasteiger partial charge in [-0.25, -0.2) is 0 Å². The fraction of sp³-hybridized carbons (Fsp3) is 0.462. The molecule has 0 spiro atoms. The van der Waals surface area contributed by atoms with E-state index < -0.39 is 0 Å². The van der Waals surface area contributed by atoms with Crippen molar-refractivity contribution in [2.24, 2.45) is 11.1 Å². The van der Waals surface area contributed by atoms with E-state index in [0.717, 1.165) is 12.1 Å². The van der Waals surface area contributed by atoms with Crippen molar-refractivity contribution in [3.63, 3.8) is 0 Å². The third-order valence-corrected chi connectivity index (χ3v) is 3.17. The Morgan fingerprint density at radius 1 is 1.27 bits per heavy atom. The Morgan fingerprint density at radius 3 is 2.47 bits per heavy atom. The molecule has 2 nitrogen and oxygen atoms in total. The normalized spacial score (nSPS) is 23.4. The molecule has 15 heavy (non-hydrogen) atoms. The number of nitrogens with zero attached hydrogens (tertiary/aromatic N) is 1. The van der Waals surface area contributed by atoms with Gasteiger partial charge in [0.15, 0.2) is 0 Å². The molecule has 0 bridgehead atoms. The highest BCUT2D eigenvalue weighted by Crippen LogP contribution is 2.30. The molecule has 0 radical (unpaired) electrons. The number of hydrogen-bond donors (Lipinski definition) is 0. The van der Waals surface area contributed by atoms with Crippen molar-refractivity contribution in [3.05, 3.63) is 35.9 Å². The Kier molecular flexibility index (Phi) is 2.51. The van der Waals surface area contributed by atoms with Crippen LogP contribution in [0.1, 0.15) is 26.3 Å². The van der Waals surface area contributed by atoms with Crippen LogP contribution in [0.15, 0.2) is 35.5 Å². The summed E-state index contributed by atoms with van der Waals surface area (Å²) in [7, 11) is 0. The van der Waals surface area contributed by atoms with Crippen LogP contribution < -0.4 is 0 Å². The van der Waals surface area contributed by atoms with E-state index in [1.54, 1.807) is 0 Å². The first kappa shape index (κ1) is 10.2. The molecule has 1 heterocycles. The van der Waals surface area contributed by atoms with Crippen molar-refractivity contribution in [2.45, 2.75) is 32.8 Å². The first-order valence-corrected chi connectivity index (χ1v) is 5.38. The molecule has 0 amide bonds. The molecule has 1 aromatic rings. The van der Waals surface area contributed by atoms with E-state index in [2.05, 4.69) is 50.2 Å². The van der Waals surface area contributed by atoms with Crippen molar-refractivity contribution in [3.8, 4) is 0 Å². The number of hydrogen-bond acceptors (Lipinski definition) is 2. The number of oxime groups is 1. The maximum Gasteiger partial charge on any atom is 0.140 e. The smallest absolute Gasteiger partial charge is 0.140 e. The maximum atomic E-state index is 5.43. The van der Waals surface area contributed by atoms with Gasteiger partial charge in [-0.2, -0.15) is 0 Å². The van der Waals surface area contributed by atoms with E-state index in [1.807, 2.05) is 6.07 Å². The van der Waals surface area contributed by atoms with Crippen molar-refractivity contribution in [2.75, 3.05) is 0 Å². The summed E-state index contributed by atoms with van der Waals surface area (Å²) in [5, 5.41) is 4.18. The summed E-state index contributed by atoms with van der Waals surface area (Å²) in [5.74, 6) is 0.387. The van der Waals surface area contributed by atoms with Crippen LogP contribution in [0.4, 0.5) is 0 Å². The van der Waals surface area contributed by atoms with E-state index in [9.17, 15) is 0 Å². The Labute approximate surface area is 90.9 Å². The highest BCUT2D eigenvalue weighted by Gasteiger charge is 2.37. The lowest BCUT2D eigenvalue weighted by molar-refractivity contribution is -0.0102. The molecule has 0 N–H and O–H groups in total. The highest BCUT2D eigenvalue weighted by atomic mass is 16.7. The lowest BCUT2D eigenvalue weighted by Crippen LogP contribution is -2.30. The highest BCUT2D eigenvalue weighted by molar-refractivity contribution is 5.90. The van der Waals surface area contributed by atoms with E-state index in [1.165, 1.54) is 5.56 Å². The van der Waals surface area contributed by atoms with Gasteiger partial charge >= 0.3 is 0 Å². The summed E-state index contributed by atoms with van der Waals surface area (Å²) in [6.07, 6.45) is 0.894. The molecule has 2 rings (SSSR count). The topological polar surface area (TPSA) is 21.6 Å². The van der Waals surface area contributed by atoms with Crippen LogP contribution in [0, 0.1) is 5.92 Å². The molecule has 1 aromatic carbocycles. The third kappa shape index (κ3) is 2.04. The lowest BCUT2D eigenvalue weighted by atomic mass is 9.87. The Hall–Kier alpha value is -1.31. The SMILES string of the molecule is CC1C(Cc2ccccc2)=NOC1(C)C. The van der Waals surface area contributed by atoms with E-state index >= 15 is 0 Å². The Bertz CT molecular complexity index is 367. The van der Waals surface area contributed by atoms with Crippen molar-refractivity contribution in [1.29, 1.82) is 0 Å². The summed E-state index contributed by atoms with van der Waals surface area (Å²) < 4.78 is 0. The van der Waals surface area contributed by atoms with Crippen LogP contribution in [-0.4, -0.2) is 11.3 Å². The van der Waals surface area contributed by atoms with Gasteiger partial charge in [-0.1, -0.05) is 42.4 Å². The fourth-order valence-corrected chi connectivity index (χ4v) is 1.73. The molecule has 2 heteroatoms. The minimum absolute atomic E-state index is 0.149. The van der Waals surface area contributed by atoms with Gasteiger partial charge in [-0.05, 0) is 19.4 Å². The third-order valence-electron chi connectivity index (χ3n) is 3.17. The van der Waals surface area contributed by atoms with E-state index in [-0.39, 0.29) is 5.60 Å². The molecule has 0 fully saturated rings. The molecule has 80 valence electrons. The van der Waals surface area contributed by atoms with Gasteiger partial charge in [0.2, 0.25) is 0 Å². The maximum absolute atomic E-state index is 5.43. The monoisotopic (exact) mass is 203 g/mol. The molecule has 0 saturated heterocycles. The summed E-state index contributed by atoms with van der Waals surface area (Å²) in [6.45, 7) is 6.34. The van der Waals surface area contributed by atoms with Crippen molar-refractivity contribution >= 4 is 5.71 Å². The zero-order valence-corrected chi connectivity index (χ0v) is 9.53. The average molecular weight is 203 g/mol. The second kappa shape index (κ2) is 3.69. The Morgan fingerprint density at radius 2 is 1.93 bits per heavy atom. The minimum Gasteiger partial charge on any atom is -0.389 e. The predicted octanol–water partition coefficient (Wildman–Crippen LogP) is 3.03. The fourth-order valence-electron chi connectivity index (χ4n) is 1.73. The summed E-state index contributed by atoms with van der Waals surface area (Å²) in [4.78, 5) is 5.43. The molecule has 0 aliphatic carbocycles. The average Bonchev–Trinajstić information content (AvgIpc) is 2.47. The van der Waals surface area contributed by atoms with Gasteiger partial charge in [0.05, 0.1) is 5.71 Å². The predicted molar refractivity (Wildman–Crippen MR) is 61.9 cm³/mol. The first-order valence-electron chi connectivity index (χ1n) is 5.38. The molecule has 1 aliphatic heterocycles. The van der Waals surface area contributed by atoms with Crippen LogP contribution in [0.5, 0.6) is 0 Å². The van der Waals surface area contributed by atoms with Crippen molar-refractivity contribution < 1.29 is 4.84 Å². The second-order valence-electron chi connectivity index (χ2n) is 4.66. The Balaban J connectivity index is 2.09. The van der Waals surface area contributed by atoms with Crippen LogP contribution in [0.25, 0.3) is 0 Å². The first-order chi connectivity index (χ1) is 7.09. The standard InChI is InChI=1S/C13H17NO/c1-10-12(14-15-13(10,2)3)9-11-7-5-4-6-8-11/h4-8,10H,9H2,1-3H3. The molecular formula is C13H17NO. The van der Waals surface area contributed by atoms with Crippen LogP contribution >= 0.6 is 0 Å². The second-order valence-corrected chi connectivity index (χ2v) is 4.66. The molecule has 0 aromatic heterocycles. The van der Waals surface area contributed by atoms with Gasteiger partial charge in [0.25, 0.3) is 0 Å². The molecule has 1 unspecified atom stereocenters. The van der Waals surface area contributed by atoms with Crippen molar-refractivity contribution in [1.82, 2.24) is 0 Å². The summed E-state index contributed by atoms with van der Waals surface area (Å²) in [5.41, 5.74) is 2.29. The molecule has 1 atom stereocenters. The van der Waals surface area contributed by atoms with Gasteiger partial charge in [0.1, 0.15) is 5.60 Å². The summed E-state index contributed by atoms with van der Waals surface area (Å²) >= 11 is 0. The largest absolute Gasteiger partial charge is 0.389 e. The number of benzene rings is 1. The van der Waals surface area contributed by atoms with E-state index in [4.69, 9.17) is 4.84 Å². The quantitative estimate of drug-likeness (QED) is 0.724. The minimum atomic E-state index is -0.149. The molecular weight excluding hydrogens is 186 g/mol. The molecule has 1 aliphatic rings. The summed E-state index contributed by atoms with van der Waals surface area (Å²) in [6, 6.07) is 10.4. The van der Waals surface area contributed by atoms with Gasteiger partial charge < -0.3 is 4.84 Å². The van der Waals surface area contributed by atoms with Gasteiger partial charge in [-0.15, -0.1) is 0 Å². The van der Waals surface area contributed by atoms with Crippen LogP contribution in [-0.2, 0) is 11.3 Å². The van der Waals surface area contributed by atoms with E-state index in [0.29, 0.717) is 5.92 Å². The lowest BCUT2D eigenvalue weighted by Gasteiger charge is -2.21.